The lowest BCUT2D eigenvalue weighted by Crippen LogP contribution is -2.45. The quantitative estimate of drug-likeness (QED) is 0.0558. The topological polar surface area (TPSA) is 69.6 Å². The number of carbonyl (C=O) groups is 1. The molecule has 0 aliphatic heterocycles. The highest BCUT2D eigenvalue weighted by atomic mass is 16.3. The average Bonchev–Trinajstić information content (AvgIpc) is 2.99. The number of hydrogen-bond donors (Lipinski definition) is 3. The molecular weight excluding hydrogens is 518 g/mol. The molecule has 0 saturated carbocycles. The minimum absolute atomic E-state index is 0.0904. The van der Waals surface area contributed by atoms with Gasteiger partial charge in [-0.15, -0.1) is 0 Å². The number of unbranched alkanes of at least 4 members (excludes halogenated alkanes) is 18. The first kappa shape index (κ1) is 40.4. The van der Waals surface area contributed by atoms with Crippen molar-refractivity contribution in [2.45, 2.75) is 180 Å². The Labute approximate surface area is 261 Å². The molecule has 4 heteroatoms. The number of hydrogen-bond acceptors (Lipinski definition) is 3. The van der Waals surface area contributed by atoms with Crippen LogP contribution in [0.15, 0.2) is 48.6 Å². The highest BCUT2D eigenvalue weighted by Crippen LogP contribution is 2.10. The molecule has 244 valence electrons. The summed E-state index contributed by atoms with van der Waals surface area (Å²) >= 11 is 0. The molecule has 0 spiro atoms. The molecule has 0 aliphatic rings. The van der Waals surface area contributed by atoms with Crippen LogP contribution in [0.25, 0.3) is 0 Å². The van der Waals surface area contributed by atoms with Gasteiger partial charge in [-0.1, -0.05) is 140 Å². The van der Waals surface area contributed by atoms with E-state index >= 15 is 0 Å². The van der Waals surface area contributed by atoms with Gasteiger partial charge in [-0.25, -0.2) is 0 Å². The van der Waals surface area contributed by atoms with Gasteiger partial charge < -0.3 is 15.5 Å². The molecule has 0 saturated heterocycles. The molecule has 0 heterocycles. The highest BCUT2D eigenvalue weighted by Gasteiger charge is 2.17. The van der Waals surface area contributed by atoms with E-state index in [4.69, 9.17) is 0 Å². The van der Waals surface area contributed by atoms with Crippen molar-refractivity contribution in [3.8, 4) is 0 Å². The van der Waals surface area contributed by atoms with Crippen molar-refractivity contribution in [1.82, 2.24) is 5.32 Å². The van der Waals surface area contributed by atoms with Gasteiger partial charge in [0.1, 0.15) is 0 Å². The lowest BCUT2D eigenvalue weighted by atomic mass is 10.1. The maximum absolute atomic E-state index is 12.3. The minimum Gasteiger partial charge on any atom is -0.394 e. The molecule has 0 aromatic rings. The Bertz CT molecular complexity index is 682. The van der Waals surface area contributed by atoms with Gasteiger partial charge in [0.25, 0.3) is 0 Å². The second-order valence-corrected chi connectivity index (χ2v) is 11.9. The van der Waals surface area contributed by atoms with Gasteiger partial charge in [0.15, 0.2) is 0 Å². The van der Waals surface area contributed by atoms with Crippen LogP contribution in [0.2, 0.25) is 0 Å². The second kappa shape index (κ2) is 33.8. The number of allylic oxidation sites excluding steroid dienone is 7. The van der Waals surface area contributed by atoms with Gasteiger partial charge in [-0.3, -0.25) is 4.79 Å². The zero-order valence-electron chi connectivity index (χ0n) is 27.8. The third-order valence-electron chi connectivity index (χ3n) is 7.76. The molecule has 2 atom stereocenters. The van der Waals surface area contributed by atoms with Crippen molar-refractivity contribution < 1.29 is 15.0 Å². The maximum atomic E-state index is 12.3. The lowest BCUT2D eigenvalue weighted by Gasteiger charge is -2.19. The van der Waals surface area contributed by atoms with E-state index in [1.54, 1.807) is 6.08 Å². The first-order chi connectivity index (χ1) is 20.7. The normalized spacial score (nSPS) is 13.7. The smallest absolute Gasteiger partial charge is 0.220 e. The number of nitrogens with one attached hydrogen (secondary N) is 1. The fourth-order valence-corrected chi connectivity index (χ4v) is 4.97. The van der Waals surface area contributed by atoms with E-state index in [9.17, 15) is 15.0 Å². The predicted octanol–water partition coefficient (Wildman–Crippen LogP) is 10.5. The van der Waals surface area contributed by atoms with E-state index in [0.29, 0.717) is 6.42 Å². The molecule has 0 rings (SSSR count). The number of rotatable bonds is 31. The standard InChI is InChI=1S/C38H69NO3/c1-3-5-7-9-11-13-15-17-19-20-21-23-25-27-29-31-33-37(41)36(35-40)39-38(42)34-32-30-28-26-24-22-18-16-14-12-10-8-6-4-2/h16-19,23,25,31,33,36-37,40-41H,3-15,20-22,24,26-30,32,34-35H2,1-2H3,(H,39,42)/b18-16-,19-17+,25-23+,33-31+. The first-order valence-electron chi connectivity index (χ1n) is 17.9. The Hall–Kier alpha value is -1.65. The van der Waals surface area contributed by atoms with Crippen LogP contribution in [0.3, 0.4) is 0 Å². The van der Waals surface area contributed by atoms with Crippen molar-refractivity contribution in [2.75, 3.05) is 6.61 Å². The van der Waals surface area contributed by atoms with Crippen LogP contribution in [0, 0.1) is 0 Å². The van der Waals surface area contributed by atoms with E-state index in [1.807, 2.05) is 6.08 Å². The summed E-state index contributed by atoms with van der Waals surface area (Å²) in [6, 6.07) is -0.647. The minimum atomic E-state index is -0.871. The van der Waals surface area contributed by atoms with Crippen molar-refractivity contribution in [3.63, 3.8) is 0 Å². The highest BCUT2D eigenvalue weighted by molar-refractivity contribution is 5.76. The van der Waals surface area contributed by atoms with E-state index in [2.05, 4.69) is 55.6 Å². The van der Waals surface area contributed by atoms with Crippen molar-refractivity contribution in [1.29, 1.82) is 0 Å². The summed E-state index contributed by atoms with van der Waals surface area (Å²) in [6.07, 6.45) is 44.7. The van der Waals surface area contributed by atoms with Gasteiger partial charge in [-0.2, -0.15) is 0 Å². The molecule has 2 unspecified atom stereocenters. The Morgan fingerprint density at radius 3 is 1.38 bits per heavy atom. The Kier molecular flexibility index (Phi) is 32.5. The molecule has 0 bridgehead atoms. The lowest BCUT2D eigenvalue weighted by molar-refractivity contribution is -0.123. The summed E-state index contributed by atoms with van der Waals surface area (Å²) in [6.45, 7) is 4.25. The summed E-state index contributed by atoms with van der Waals surface area (Å²) in [5, 5.41) is 22.8. The van der Waals surface area contributed by atoms with Crippen LogP contribution in [-0.4, -0.2) is 34.9 Å². The second-order valence-electron chi connectivity index (χ2n) is 11.9. The van der Waals surface area contributed by atoms with Gasteiger partial charge in [0, 0.05) is 6.42 Å². The van der Waals surface area contributed by atoms with Crippen LogP contribution in [0.5, 0.6) is 0 Å². The average molecular weight is 588 g/mol. The maximum Gasteiger partial charge on any atom is 0.220 e. The van der Waals surface area contributed by atoms with Gasteiger partial charge in [0.05, 0.1) is 18.8 Å². The fraction of sp³-hybridized carbons (Fsp3) is 0.763. The predicted molar refractivity (Wildman–Crippen MR) is 184 cm³/mol. The zero-order chi connectivity index (χ0) is 30.8. The van der Waals surface area contributed by atoms with Crippen molar-refractivity contribution in [3.05, 3.63) is 48.6 Å². The molecular formula is C38H69NO3. The van der Waals surface area contributed by atoms with Gasteiger partial charge >= 0.3 is 0 Å². The number of aliphatic hydroxyl groups is 2. The Balaban J connectivity index is 3.75. The van der Waals surface area contributed by atoms with Crippen LogP contribution in [0.4, 0.5) is 0 Å². The van der Waals surface area contributed by atoms with E-state index < -0.39 is 12.1 Å². The third-order valence-corrected chi connectivity index (χ3v) is 7.76. The van der Waals surface area contributed by atoms with Crippen LogP contribution >= 0.6 is 0 Å². The summed E-state index contributed by atoms with van der Waals surface area (Å²) in [5.74, 6) is -0.0904. The summed E-state index contributed by atoms with van der Waals surface area (Å²) in [5.41, 5.74) is 0. The van der Waals surface area contributed by atoms with Crippen LogP contribution in [0.1, 0.15) is 168 Å². The largest absolute Gasteiger partial charge is 0.394 e. The molecule has 42 heavy (non-hydrogen) atoms. The van der Waals surface area contributed by atoms with Crippen LogP contribution < -0.4 is 5.32 Å². The molecule has 0 fully saturated rings. The van der Waals surface area contributed by atoms with Crippen molar-refractivity contribution in [2.24, 2.45) is 0 Å². The molecule has 4 nitrogen and oxygen atoms in total. The molecule has 1 amide bonds. The summed E-state index contributed by atoms with van der Waals surface area (Å²) in [4.78, 5) is 12.3. The summed E-state index contributed by atoms with van der Waals surface area (Å²) in [7, 11) is 0. The van der Waals surface area contributed by atoms with Gasteiger partial charge in [-0.05, 0) is 70.6 Å². The van der Waals surface area contributed by atoms with E-state index in [-0.39, 0.29) is 12.5 Å². The van der Waals surface area contributed by atoms with Crippen molar-refractivity contribution >= 4 is 5.91 Å². The third kappa shape index (κ3) is 29.8. The monoisotopic (exact) mass is 588 g/mol. The zero-order valence-corrected chi connectivity index (χ0v) is 27.8. The van der Waals surface area contributed by atoms with Gasteiger partial charge in [0.2, 0.25) is 5.91 Å². The molecule has 0 aliphatic carbocycles. The molecule has 0 radical (unpaired) electrons. The number of amides is 1. The SMILES string of the molecule is CCCCCCC/C=C\CCCCCCCC(=O)NC(CO)C(O)/C=C/CC/C=C/CC/C=C/CCCCCCCC. The first-order valence-corrected chi connectivity index (χ1v) is 17.9. The number of carbonyl (C=O) groups excluding carboxylic acids is 1. The van der Waals surface area contributed by atoms with Crippen LogP contribution in [-0.2, 0) is 4.79 Å². The van der Waals surface area contributed by atoms with E-state index in [1.165, 1.54) is 96.3 Å². The number of aliphatic hydroxyl groups excluding tert-OH is 2. The Morgan fingerprint density at radius 1 is 0.548 bits per heavy atom. The molecule has 0 aromatic heterocycles. The Morgan fingerprint density at radius 2 is 0.929 bits per heavy atom. The molecule has 0 aromatic carbocycles. The molecule has 3 N–H and O–H groups in total. The summed E-state index contributed by atoms with van der Waals surface area (Å²) < 4.78 is 0. The van der Waals surface area contributed by atoms with E-state index in [0.717, 1.165) is 51.4 Å². The fourth-order valence-electron chi connectivity index (χ4n) is 4.97.